The Morgan fingerprint density at radius 2 is 1.42 bits per heavy atom. The van der Waals surface area contributed by atoms with E-state index < -0.39 is 0 Å². The maximum atomic E-state index is 12.5. The molecular weight excluding hydrogens is 364 g/mol. The van der Waals surface area contributed by atoms with Crippen LogP contribution in [-0.2, 0) is 0 Å². The molecule has 0 unspecified atom stereocenters. The fourth-order valence-corrected chi connectivity index (χ4v) is 3.30. The summed E-state index contributed by atoms with van der Waals surface area (Å²) in [5.74, 6) is -0.0746. The molecule has 0 saturated carbocycles. The van der Waals surface area contributed by atoms with Gasteiger partial charge in [0.15, 0.2) is 5.78 Å². The average molecular weight is 379 g/mol. The maximum absolute atomic E-state index is 12.5. The summed E-state index contributed by atoms with van der Waals surface area (Å²) in [4.78, 5) is 25.5. The molecule has 0 atom stereocenters. The number of rotatable bonds is 5. The summed E-state index contributed by atoms with van der Waals surface area (Å²) in [6, 6.07) is 23.4. The lowest BCUT2D eigenvalue weighted by molar-refractivity contribution is 0.104. The molecule has 4 heteroatoms. The Balaban J connectivity index is 1.78. The summed E-state index contributed by atoms with van der Waals surface area (Å²) in [6.07, 6.45) is 3.27. The molecule has 26 heavy (non-hydrogen) atoms. The predicted octanol–water partition coefficient (Wildman–Crippen LogP) is 6.17. The van der Waals surface area contributed by atoms with E-state index in [1.165, 1.54) is 6.08 Å². The molecule has 0 bridgehead atoms. The first-order chi connectivity index (χ1) is 12.6. The normalized spacial score (nSPS) is 10.8. The van der Waals surface area contributed by atoms with Crippen LogP contribution in [0.4, 0.5) is 0 Å². The third-order valence-corrected chi connectivity index (χ3v) is 4.94. The van der Waals surface area contributed by atoms with Crippen LogP contribution < -0.4 is 0 Å². The molecule has 128 valence electrons. The van der Waals surface area contributed by atoms with Gasteiger partial charge in [0, 0.05) is 21.0 Å². The average Bonchev–Trinajstić information content (AvgIpc) is 2.68. The number of hydrogen-bond acceptors (Lipinski definition) is 3. The number of carbonyl (C=O) groups is 2. The maximum Gasteiger partial charge on any atom is 0.224 e. The first kappa shape index (κ1) is 18.2. The van der Waals surface area contributed by atoms with Gasteiger partial charge in [-0.15, -0.1) is 0 Å². The van der Waals surface area contributed by atoms with Gasteiger partial charge < -0.3 is 0 Å². The smallest absolute Gasteiger partial charge is 0.224 e. The topological polar surface area (TPSA) is 34.1 Å². The van der Waals surface area contributed by atoms with Crippen LogP contribution >= 0.6 is 23.4 Å². The van der Waals surface area contributed by atoms with E-state index in [-0.39, 0.29) is 10.9 Å². The number of carbonyl (C=O) groups excluding carboxylic acids is 2. The van der Waals surface area contributed by atoms with Gasteiger partial charge in [0.2, 0.25) is 5.12 Å². The highest BCUT2D eigenvalue weighted by atomic mass is 35.5. The van der Waals surface area contributed by atoms with Crippen molar-refractivity contribution in [2.75, 3.05) is 0 Å². The van der Waals surface area contributed by atoms with Crippen LogP contribution in [0.25, 0.3) is 6.08 Å². The summed E-state index contributed by atoms with van der Waals surface area (Å²) in [7, 11) is 0. The number of thioether (sulfide) groups is 1. The molecule has 0 N–H and O–H groups in total. The lowest BCUT2D eigenvalue weighted by atomic mass is 10.1. The molecule has 0 aliphatic heterocycles. The van der Waals surface area contributed by atoms with Crippen molar-refractivity contribution in [2.24, 2.45) is 0 Å². The van der Waals surface area contributed by atoms with Gasteiger partial charge in [0.25, 0.3) is 0 Å². The molecule has 0 saturated heterocycles. The quantitative estimate of drug-likeness (QED) is 0.302. The van der Waals surface area contributed by atoms with Crippen molar-refractivity contribution >= 4 is 40.3 Å². The minimum Gasteiger partial charge on any atom is -0.289 e. The van der Waals surface area contributed by atoms with Gasteiger partial charge in [-0.3, -0.25) is 9.59 Å². The summed E-state index contributed by atoms with van der Waals surface area (Å²) in [5, 5.41) is 0.520. The molecular formula is C22H15ClO2S. The second-order valence-electron chi connectivity index (χ2n) is 5.50. The van der Waals surface area contributed by atoms with Crippen molar-refractivity contribution in [1.82, 2.24) is 0 Å². The molecule has 0 aliphatic rings. The van der Waals surface area contributed by atoms with Crippen molar-refractivity contribution < 1.29 is 9.59 Å². The number of benzene rings is 3. The van der Waals surface area contributed by atoms with Crippen LogP contribution in [-0.4, -0.2) is 10.9 Å². The van der Waals surface area contributed by atoms with E-state index in [1.54, 1.807) is 42.5 Å². The second kappa shape index (κ2) is 8.65. The van der Waals surface area contributed by atoms with Crippen LogP contribution in [0.3, 0.4) is 0 Å². The van der Waals surface area contributed by atoms with Gasteiger partial charge in [-0.1, -0.05) is 60.1 Å². The van der Waals surface area contributed by atoms with E-state index in [9.17, 15) is 9.59 Å². The molecule has 0 fully saturated rings. The van der Waals surface area contributed by atoms with Gasteiger partial charge in [0.05, 0.1) is 0 Å². The molecule has 0 heterocycles. The largest absolute Gasteiger partial charge is 0.289 e. The Morgan fingerprint density at radius 3 is 2.15 bits per heavy atom. The van der Waals surface area contributed by atoms with Crippen molar-refractivity contribution in [1.29, 1.82) is 0 Å². The number of hydrogen-bond donors (Lipinski definition) is 0. The summed E-state index contributed by atoms with van der Waals surface area (Å²) in [6.45, 7) is 0. The van der Waals surface area contributed by atoms with Gasteiger partial charge in [-0.2, -0.15) is 0 Å². The van der Waals surface area contributed by atoms with E-state index in [1.807, 2.05) is 42.5 Å². The third kappa shape index (κ3) is 4.72. The Hall–Kier alpha value is -2.62. The molecule has 0 aromatic heterocycles. The molecule has 2 nitrogen and oxygen atoms in total. The van der Waals surface area contributed by atoms with Gasteiger partial charge in [-0.05, 0) is 59.8 Å². The van der Waals surface area contributed by atoms with Crippen molar-refractivity contribution in [2.45, 2.75) is 4.90 Å². The van der Waals surface area contributed by atoms with Crippen molar-refractivity contribution in [3.63, 3.8) is 0 Å². The van der Waals surface area contributed by atoms with E-state index in [2.05, 4.69) is 0 Å². The number of halogens is 1. The van der Waals surface area contributed by atoms with E-state index in [0.29, 0.717) is 16.1 Å². The zero-order chi connectivity index (χ0) is 18.4. The molecule has 3 aromatic rings. The first-order valence-electron chi connectivity index (χ1n) is 7.98. The molecule has 0 amide bonds. The highest BCUT2D eigenvalue weighted by Crippen LogP contribution is 2.27. The fourth-order valence-electron chi connectivity index (χ4n) is 2.32. The van der Waals surface area contributed by atoms with E-state index in [4.69, 9.17) is 11.6 Å². The number of allylic oxidation sites excluding steroid dienone is 1. The predicted molar refractivity (Wildman–Crippen MR) is 108 cm³/mol. The zero-order valence-corrected chi connectivity index (χ0v) is 15.3. The van der Waals surface area contributed by atoms with Crippen LogP contribution in [0.5, 0.6) is 0 Å². The molecule has 0 aliphatic carbocycles. The van der Waals surface area contributed by atoms with Crippen LogP contribution in [0.2, 0.25) is 5.02 Å². The minimum atomic E-state index is -0.0746. The minimum absolute atomic E-state index is 0.0723. The van der Waals surface area contributed by atoms with E-state index >= 15 is 0 Å². The second-order valence-corrected chi connectivity index (χ2v) is 6.95. The van der Waals surface area contributed by atoms with Gasteiger partial charge in [-0.25, -0.2) is 0 Å². The lowest BCUT2D eigenvalue weighted by Gasteiger charge is -2.05. The van der Waals surface area contributed by atoms with Crippen LogP contribution in [0, 0.1) is 0 Å². The Bertz CT molecular complexity index is 947. The zero-order valence-electron chi connectivity index (χ0n) is 13.8. The Labute approximate surface area is 161 Å². The number of ketones is 1. The molecule has 0 spiro atoms. The molecule has 3 rings (SSSR count). The van der Waals surface area contributed by atoms with Crippen LogP contribution in [0.1, 0.15) is 26.3 Å². The SMILES string of the molecule is O=C(/C=C/c1ccccc1SC(=O)c1ccc(Cl)cc1)c1ccccc1. The highest BCUT2D eigenvalue weighted by Gasteiger charge is 2.10. The lowest BCUT2D eigenvalue weighted by Crippen LogP contribution is -1.95. The van der Waals surface area contributed by atoms with Crippen molar-refractivity contribution in [3.05, 3.63) is 107 Å². The summed E-state index contributed by atoms with van der Waals surface area (Å²) in [5.41, 5.74) is 2.04. The summed E-state index contributed by atoms with van der Waals surface area (Å²) >= 11 is 7.00. The Morgan fingerprint density at radius 1 is 0.769 bits per heavy atom. The van der Waals surface area contributed by atoms with Gasteiger partial charge >= 0.3 is 0 Å². The molecule has 3 aromatic carbocycles. The van der Waals surface area contributed by atoms with E-state index in [0.717, 1.165) is 22.2 Å². The first-order valence-corrected chi connectivity index (χ1v) is 9.17. The third-order valence-electron chi connectivity index (χ3n) is 3.67. The van der Waals surface area contributed by atoms with Crippen LogP contribution in [0.15, 0.2) is 89.8 Å². The van der Waals surface area contributed by atoms with Gasteiger partial charge in [0.1, 0.15) is 0 Å². The fraction of sp³-hybridized carbons (Fsp3) is 0. The standard InChI is InChI=1S/C22H15ClO2S/c23-19-13-10-18(11-14-19)22(25)26-21-9-5-4-8-17(21)12-15-20(24)16-6-2-1-3-7-16/h1-15H/b15-12+. The summed E-state index contributed by atoms with van der Waals surface area (Å²) < 4.78 is 0. The highest BCUT2D eigenvalue weighted by molar-refractivity contribution is 8.14. The van der Waals surface area contributed by atoms with Crippen molar-refractivity contribution in [3.8, 4) is 0 Å². The Kier molecular flexibility index (Phi) is 6.05. The molecule has 0 radical (unpaired) electrons. The monoisotopic (exact) mass is 378 g/mol.